The van der Waals surface area contributed by atoms with Gasteiger partial charge in [0.25, 0.3) is 0 Å². The molecule has 10 rings (SSSR count). The maximum Gasteiger partial charge on any atom is 0.312 e. The summed E-state index contributed by atoms with van der Waals surface area (Å²) >= 11 is 0. The van der Waals surface area contributed by atoms with E-state index in [1.54, 1.807) is 68.6 Å². The summed E-state index contributed by atoms with van der Waals surface area (Å²) in [6.45, 7) is 8.58. The molecule has 0 amide bonds. The third-order valence-electron chi connectivity index (χ3n) is 13.9. The van der Waals surface area contributed by atoms with E-state index >= 15 is 0 Å². The fraction of sp³-hybridized carbons (Fsp3) is 0.407. The van der Waals surface area contributed by atoms with Gasteiger partial charge in [0.1, 0.15) is 23.8 Å². The Bertz CT molecular complexity index is 3790. The molecule has 87 heavy (non-hydrogen) atoms. The van der Waals surface area contributed by atoms with Gasteiger partial charge < -0.3 is 83.0 Å². The van der Waals surface area contributed by atoms with Gasteiger partial charge in [-0.3, -0.25) is 0 Å². The largest absolute Gasteiger partial charge is 0.493 e. The summed E-state index contributed by atoms with van der Waals surface area (Å²) in [6, 6.07) is 11.2. The van der Waals surface area contributed by atoms with Gasteiger partial charge in [0, 0.05) is 39.0 Å². The number of rotatable bonds is 23. The Kier molecular flexibility index (Phi) is 21.2. The predicted molar refractivity (Wildman–Crippen MR) is 321 cm³/mol. The molecule has 0 spiro atoms. The normalized spacial score (nSPS) is 13.0. The van der Waals surface area contributed by atoms with E-state index in [-0.39, 0.29) is 23.8 Å². The molecular weight excluding hydrogens is 1130 g/mol. The van der Waals surface area contributed by atoms with Crippen molar-refractivity contribution in [2.45, 2.75) is 84.7 Å². The quantitative estimate of drug-likeness (QED) is 0.0411. The summed E-state index contributed by atoms with van der Waals surface area (Å²) in [4.78, 5) is 37.3. The fourth-order valence-electron chi connectivity index (χ4n) is 9.94. The van der Waals surface area contributed by atoms with Gasteiger partial charge in [-0.2, -0.15) is 28.7 Å². The number of ether oxygens (including phenoxy) is 11. The van der Waals surface area contributed by atoms with Crippen LogP contribution in [0.2, 0.25) is 0 Å². The van der Waals surface area contributed by atoms with Crippen LogP contribution in [-0.2, 0) is 48.4 Å². The Hall–Kier alpha value is -9.57. The molecule has 28 heteroatoms. The lowest BCUT2D eigenvalue weighted by molar-refractivity contribution is 0.0728. The van der Waals surface area contributed by atoms with Crippen molar-refractivity contribution in [1.29, 1.82) is 0 Å². The van der Waals surface area contributed by atoms with Gasteiger partial charge in [-0.1, -0.05) is 12.2 Å². The van der Waals surface area contributed by atoms with Gasteiger partial charge >= 0.3 is 12.2 Å². The van der Waals surface area contributed by atoms with Crippen LogP contribution in [0.1, 0.15) is 67.8 Å². The van der Waals surface area contributed by atoms with Crippen molar-refractivity contribution in [2.75, 3.05) is 94.4 Å². The Morgan fingerprint density at radius 2 is 0.954 bits per heavy atom. The van der Waals surface area contributed by atoms with E-state index in [9.17, 15) is 8.78 Å². The second-order valence-corrected chi connectivity index (χ2v) is 19.7. The number of nitrogens with two attached hydrogens (primary N) is 3. The Balaban J connectivity index is 0.000000170. The zero-order valence-corrected chi connectivity index (χ0v) is 50.8. The summed E-state index contributed by atoms with van der Waals surface area (Å²) in [7, 11) is 14.1. The van der Waals surface area contributed by atoms with E-state index in [4.69, 9.17) is 69.3 Å². The number of imidazole rings is 3. The summed E-state index contributed by atoms with van der Waals surface area (Å²) in [5, 5.41) is 0. The smallest absolute Gasteiger partial charge is 0.312 e. The van der Waals surface area contributed by atoms with Gasteiger partial charge in [-0.15, -0.1) is 0 Å². The van der Waals surface area contributed by atoms with Gasteiger partial charge in [-0.25, -0.2) is 24.9 Å². The molecule has 6 N–H and O–H groups in total. The molecular formula is C59H73F2N15O11. The first-order valence-corrected chi connectivity index (χ1v) is 27.6. The summed E-state index contributed by atoms with van der Waals surface area (Å²) < 4.78 is 93.6. The van der Waals surface area contributed by atoms with Crippen LogP contribution in [-0.4, -0.2) is 148 Å². The van der Waals surface area contributed by atoms with Gasteiger partial charge in [0.2, 0.25) is 17.2 Å². The zero-order valence-electron chi connectivity index (χ0n) is 50.8. The third-order valence-corrected chi connectivity index (χ3v) is 13.9. The van der Waals surface area contributed by atoms with Crippen LogP contribution < -0.4 is 59.8 Å². The van der Waals surface area contributed by atoms with Crippen molar-refractivity contribution in [3.63, 3.8) is 0 Å². The number of halogens is 2. The average Bonchev–Trinajstić information content (AvgIpc) is 1.86. The summed E-state index contributed by atoms with van der Waals surface area (Å²) in [5.74, 6) is 7.40. The number of anilines is 3. The number of hydrogen-bond acceptors (Lipinski definition) is 23. The second-order valence-electron chi connectivity index (χ2n) is 19.7. The number of nitrogens with zero attached hydrogens (tertiary/aromatic N) is 12. The predicted octanol–water partition coefficient (Wildman–Crippen LogP) is 7.53. The maximum absolute atomic E-state index is 13.9. The third kappa shape index (κ3) is 14.4. The van der Waals surface area contributed by atoms with E-state index < -0.39 is 12.2 Å². The first kappa shape index (κ1) is 63.5. The molecule has 1 unspecified atom stereocenters. The summed E-state index contributed by atoms with van der Waals surface area (Å²) in [5.41, 5.74) is 23.2. The lowest BCUT2D eigenvalue weighted by Crippen LogP contribution is -2.18. The highest BCUT2D eigenvalue weighted by molar-refractivity contribution is 5.83. The van der Waals surface area contributed by atoms with Crippen LogP contribution in [0, 0.1) is 12.2 Å². The Morgan fingerprint density at radius 1 is 0.540 bits per heavy atom. The molecule has 0 bridgehead atoms. The number of aromatic nitrogens is 12. The maximum atomic E-state index is 13.9. The van der Waals surface area contributed by atoms with E-state index in [2.05, 4.69) is 44.9 Å². The van der Waals surface area contributed by atoms with E-state index in [1.165, 1.54) is 6.33 Å². The molecule has 6 aromatic heterocycles. The van der Waals surface area contributed by atoms with Crippen LogP contribution in [0.25, 0.3) is 33.5 Å². The highest BCUT2D eigenvalue weighted by Gasteiger charge is 2.25. The second kappa shape index (κ2) is 29.0. The first-order valence-electron chi connectivity index (χ1n) is 27.6. The van der Waals surface area contributed by atoms with Crippen LogP contribution >= 0.6 is 0 Å². The minimum atomic E-state index is -0.898. The zero-order chi connectivity index (χ0) is 62.5. The molecule has 0 aliphatic carbocycles. The topological polar surface area (TPSA) is 310 Å². The molecule has 0 radical (unpaired) electrons. The Labute approximate surface area is 500 Å². The highest BCUT2D eigenvalue weighted by Crippen LogP contribution is 2.42. The molecule has 1 aliphatic rings. The van der Waals surface area contributed by atoms with Crippen LogP contribution in [0.4, 0.5) is 26.2 Å². The molecule has 1 atom stereocenters. The molecule has 9 aromatic rings. The highest BCUT2D eigenvalue weighted by atomic mass is 19.1. The molecule has 0 saturated carbocycles. The Morgan fingerprint density at radius 3 is 1.34 bits per heavy atom. The molecule has 1 fully saturated rings. The number of hydrogen-bond donors (Lipinski definition) is 3. The molecule has 1 saturated heterocycles. The molecule has 3 aromatic carbocycles. The number of methoxy groups -OCH3 is 9. The van der Waals surface area contributed by atoms with Crippen molar-refractivity contribution in [3.8, 4) is 51.7 Å². The van der Waals surface area contributed by atoms with E-state index in [1.807, 2.05) is 78.5 Å². The molecule has 464 valence electrons. The number of nitrogen functional groups attached to an aromatic ring is 3. The lowest BCUT2D eigenvalue weighted by Gasteiger charge is -2.16. The van der Waals surface area contributed by atoms with Crippen molar-refractivity contribution in [3.05, 3.63) is 101 Å². The first-order chi connectivity index (χ1) is 42.0. The monoisotopic (exact) mass is 1210 g/mol. The summed E-state index contributed by atoms with van der Waals surface area (Å²) in [6.07, 6.45) is 7.05. The van der Waals surface area contributed by atoms with E-state index in [0.29, 0.717) is 155 Å². The van der Waals surface area contributed by atoms with Gasteiger partial charge in [-0.05, 0) is 86.7 Å². The standard InChI is InChI=1S/C20H24FN5O4.C20H26FN5O4.C19H23N5O3/c1-27-13-7-11(8-14(28-2)17(13)29-3)9-15-23-16-18(22)24-20(21)25-19(16)26(15)10-12-5-4-6-30-12;1-11(2)30-7-6-26-15(23-16-18(22)24-20(21)25-19(16)26)10-12-8-13(27-3)17(29-5)14(9-12)28-4;1-5-6-7-24-15(23-16-18(20)21-11-22-19(16)24)10-12-8-13(25-2)17(27-4)14(9-12)26-3/h7-8,12H,4-6,9-10H2,1-3H3,(H2,22,24,25);8-9,11H,6-7,10H2,1-5H3,(H2,22,24,25);5-6,8-9,11H,7,10H2,1-4H3,(H2,20,21,22)/b;;6-5+. The minimum Gasteiger partial charge on any atom is -0.493 e. The van der Waals surface area contributed by atoms with Crippen LogP contribution in [0.5, 0.6) is 51.7 Å². The van der Waals surface area contributed by atoms with Crippen molar-refractivity contribution >= 4 is 50.9 Å². The van der Waals surface area contributed by atoms with Crippen LogP contribution in [0.15, 0.2) is 54.9 Å². The van der Waals surface area contributed by atoms with Crippen LogP contribution in [0.3, 0.4) is 0 Å². The van der Waals surface area contributed by atoms with Crippen molar-refractivity contribution < 1.29 is 60.9 Å². The SMILES string of the molecule is C/C=C/Cn1c(Cc2cc(OC)c(OC)c(OC)c2)nc2c(N)ncnc21.COc1cc(Cc2nc3c(N)nc(F)nc3n2CC2CCCO2)cc(OC)c1OC.COc1cc(Cc2nc3c(N)nc(F)nc3n2CCOC(C)C)cc(OC)c1OC. The van der Waals surface area contributed by atoms with Crippen molar-refractivity contribution in [1.82, 2.24) is 58.6 Å². The fourth-order valence-corrected chi connectivity index (χ4v) is 9.94. The van der Waals surface area contributed by atoms with E-state index in [0.717, 1.165) is 35.4 Å². The molecule has 7 heterocycles. The number of allylic oxidation sites excluding steroid dienone is 2. The van der Waals surface area contributed by atoms with Gasteiger partial charge in [0.05, 0.1) is 89.3 Å². The average molecular weight is 1210 g/mol. The lowest BCUT2D eigenvalue weighted by atomic mass is 10.1. The van der Waals surface area contributed by atoms with Crippen molar-refractivity contribution in [2.24, 2.45) is 0 Å². The molecule has 26 nitrogen and oxygen atoms in total. The van der Waals surface area contributed by atoms with Gasteiger partial charge in [0.15, 0.2) is 85.4 Å². The number of benzene rings is 3. The molecule has 1 aliphatic heterocycles. The number of fused-ring (bicyclic) bond motifs is 3. The minimum absolute atomic E-state index is 0.00725.